The van der Waals surface area contributed by atoms with E-state index < -0.39 is 0 Å². The first-order valence-corrected chi connectivity index (χ1v) is 7.16. The van der Waals surface area contributed by atoms with E-state index in [2.05, 4.69) is 59.2 Å². The van der Waals surface area contributed by atoms with Gasteiger partial charge in [-0.15, -0.1) is 0 Å². The molecule has 3 rings (SSSR count). The first kappa shape index (κ1) is 12.3. The van der Waals surface area contributed by atoms with Crippen molar-refractivity contribution in [2.75, 3.05) is 5.32 Å². The molecule has 1 aromatic heterocycles. The number of rotatable bonds is 3. The van der Waals surface area contributed by atoms with Crippen LogP contribution < -0.4 is 5.32 Å². The smallest absolute Gasteiger partial charge is 0.116 e. The lowest BCUT2D eigenvalue weighted by Gasteiger charge is -2.31. The minimum atomic E-state index is 0.411. The van der Waals surface area contributed by atoms with Crippen LogP contribution in [0.2, 0.25) is 0 Å². The van der Waals surface area contributed by atoms with Crippen molar-refractivity contribution in [1.82, 2.24) is 9.55 Å². The summed E-state index contributed by atoms with van der Waals surface area (Å²) in [5, 5.41) is 3.57. The molecule has 0 fully saturated rings. The monoisotopic (exact) mass is 255 g/mol. The fraction of sp³-hybridized carbons (Fsp3) is 0.438. The second-order valence-electron chi connectivity index (χ2n) is 5.40. The van der Waals surface area contributed by atoms with Crippen molar-refractivity contribution < 1.29 is 0 Å². The third-order valence-electron chi connectivity index (χ3n) is 3.85. The van der Waals surface area contributed by atoms with Gasteiger partial charge < -0.3 is 9.88 Å². The molecule has 19 heavy (non-hydrogen) atoms. The summed E-state index contributed by atoms with van der Waals surface area (Å²) in [6, 6.07) is 9.11. The molecule has 2 heterocycles. The van der Waals surface area contributed by atoms with Crippen molar-refractivity contribution in [3.05, 3.63) is 48.0 Å². The van der Waals surface area contributed by atoms with Crippen LogP contribution in [0.15, 0.2) is 36.7 Å². The maximum Gasteiger partial charge on any atom is 0.116 e. The number of anilines is 1. The topological polar surface area (TPSA) is 29.9 Å². The van der Waals surface area contributed by atoms with Crippen LogP contribution in [-0.2, 0) is 6.54 Å². The lowest BCUT2D eigenvalue weighted by Crippen LogP contribution is -2.27. The Labute approximate surface area is 114 Å². The Kier molecular flexibility index (Phi) is 3.28. The van der Waals surface area contributed by atoms with Gasteiger partial charge in [0.15, 0.2) is 0 Å². The molecule has 1 aromatic carbocycles. The highest BCUT2D eigenvalue weighted by Crippen LogP contribution is 2.37. The van der Waals surface area contributed by atoms with E-state index in [9.17, 15) is 0 Å². The van der Waals surface area contributed by atoms with Gasteiger partial charge in [-0.25, -0.2) is 4.98 Å². The molecule has 0 saturated carbocycles. The molecule has 3 nitrogen and oxygen atoms in total. The Hall–Kier alpha value is -1.77. The van der Waals surface area contributed by atoms with Gasteiger partial charge in [-0.3, -0.25) is 0 Å². The first-order valence-electron chi connectivity index (χ1n) is 7.16. The summed E-state index contributed by atoms with van der Waals surface area (Å²) < 4.78 is 2.31. The van der Waals surface area contributed by atoms with Gasteiger partial charge in [0.1, 0.15) is 5.82 Å². The van der Waals surface area contributed by atoms with Gasteiger partial charge in [-0.1, -0.05) is 25.1 Å². The van der Waals surface area contributed by atoms with Crippen LogP contribution in [-0.4, -0.2) is 15.6 Å². The van der Waals surface area contributed by atoms with E-state index in [0.29, 0.717) is 12.0 Å². The molecular formula is C16H21N3. The van der Waals surface area contributed by atoms with E-state index in [1.807, 2.05) is 6.20 Å². The van der Waals surface area contributed by atoms with Crippen LogP contribution in [0.4, 0.5) is 5.69 Å². The zero-order valence-electron chi connectivity index (χ0n) is 11.6. The van der Waals surface area contributed by atoms with E-state index in [4.69, 9.17) is 0 Å². The lowest BCUT2D eigenvalue weighted by atomic mass is 9.87. The molecule has 3 heteroatoms. The van der Waals surface area contributed by atoms with Crippen molar-refractivity contribution in [2.24, 2.45) is 0 Å². The van der Waals surface area contributed by atoms with Gasteiger partial charge in [-0.2, -0.15) is 0 Å². The number of fused-ring (bicyclic) bond motifs is 1. The molecule has 0 saturated heterocycles. The van der Waals surface area contributed by atoms with Gasteiger partial charge in [0.2, 0.25) is 0 Å². The lowest BCUT2D eigenvalue weighted by molar-refractivity contribution is 0.546. The SMILES string of the molecule is CCCn1ccnc1C1CC(C)Nc2ccccc21. The van der Waals surface area contributed by atoms with E-state index in [-0.39, 0.29) is 0 Å². The zero-order chi connectivity index (χ0) is 13.2. The fourth-order valence-electron chi connectivity index (χ4n) is 3.04. The Morgan fingerprint density at radius 1 is 1.37 bits per heavy atom. The number of benzene rings is 1. The normalized spacial score (nSPS) is 21.8. The minimum absolute atomic E-state index is 0.411. The quantitative estimate of drug-likeness (QED) is 0.907. The van der Waals surface area contributed by atoms with Crippen molar-refractivity contribution in [1.29, 1.82) is 0 Å². The summed E-state index contributed by atoms with van der Waals surface area (Å²) in [6.45, 7) is 5.51. The molecule has 100 valence electrons. The molecule has 1 aliphatic heterocycles. The number of hydrogen-bond acceptors (Lipinski definition) is 2. The van der Waals surface area contributed by atoms with E-state index in [1.54, 1.807) is 0 Å². The second kappa shape index (κ2) is 5.08. The summed E-state index contributed by atoms with van der Waals surface area (Å²) in [7, 11) is 0. The predicted octanol–water partition coefficient (Wildman–Crippen LogP) is 3.63. The summed E-state index contributed by atoms with van der Waals surface area (Å²) in [5.41, 5.74) is 2.64. The molecule has 0 bridgehead atoms. The number of nitrogens with one attached hydrogen (secondary N) is 1. The highest BCUT2D eigenvalue weighted by molar-refractivity contribution is 5.57. The standard InChI is InChI=1S/C16H21N3/c1-3-9-19-10-8-17-16(19)14-11-12(2)18-15-7-5-4-6-13(14)15/h4-8,10,12,14,18H,3,9,11H2,1-2H3. The summed E-state index contributed by atoms with van der Waals surface area (Å²) in [5.74, 6) is 1.62. The highest BCUT2D eigenvalue weighted by Gasteiger charge is 2.27. The van der Waals surface area contributed by atoms with Gasteiger partial charge >= 0.3 is 0 Å². The summed E-state index contributed by atoms with van der Waals surface area (Å²) in [6.07, 6.45) is 6.29. The average molecular weight is 255 g/mol. The van der Waals surface area contributed by atoms with Crippen LogP contribution in [0.25, 0.3) is 0 Å². The first-order chi connectivity index (χ1) is 9.29. The van der Waals surface area contributed by atoms with Crippen LogP contribution >= 0.6 is 0 Å². The minimum Gasteiger partial charge on any atom is -0.382 e. The van der Waals surface area contributed by atoms with Gasteiger partial charge in [0.05, 0.1) is 0 Å². The number of aryl methyl sites for hydroxylation is 1. The van der Waals surface area contributed by atoms with Gasteiger partial charge in [0.25, 0.3) is 0 Å². The summed E-state index contributed by atoms with van der Waals surface area (Å²) >= 11 is 0. The molecule has 0 aliphatic carbocycles. The Morgan fingerprint density at radius 2 is 2.21 bits per heavy atom. The maximum atomic E-state index is 4.63. The third kappa shape index (κ3) is 2.25. The molecule has 1 aliphatic rings. The van der Waals surface area contributed by atoms with Crippen LogP contribution in [0.5, 0.6) is 0 Å². The molecule has 0 spiro atoms. The molecule has 0 radical (unpaired) electrons. The molecular weight excluding hydrogens is 234 g/mol. The van der Waals surface area contributed by atoms with E-state index in [0.717, 1.165) is 19.4 Å². The predicted molar refractivity (Wildman–Crippen MR) is 78.5 cm³/mol. The van der Waals surface area contributed by atoms with Crippen molar-refractivity contribution >= 4 is 5.69 Å². The van der Waals surface area contributed by atoms with Crippen LogP contribution in [0, 0.1) is 0 Å². The van der Waals surface area contributed by atoms with Crippen molar-refractivity contribution in [3.63, 3.8) is 0 Å². The van der Waals surface area contributed by atoms with Crippen molar-refractivity contribution in [2.45, 2.75) is 45.2 Å². The van der Waals surface area contributed by atoms with E-state index >= 15 is 0 Å². The molecule has 2 atom stereocenters. The number of aromatic nitrogens is 2. The van der Waals surface area contributed by atoms with Crippen LogP contribution in [0.1, 0.15) is 44.0 Å². The Balaban J connectivity index is 2.02. The Morgan fingerprint density at radius 3 is 3.05 bits per heavy atom. The Bertz CT molecular complexity index is 559. The largest absolute Gasteiger partial charge is 0.382 e. The second-order valence-corrected chi connectivity index (χ2v) is 5.40. The van der Waals surface area contributed by atoms with Crippen LogP contribution in [0.3, 0.4) is 0 Å². The van der Waals surface area contributed by atoms with Crippen molar-refractivity contribution in [3.8, 4) is 0 Å². The zero-order valence-corrected chi connectivity index (χ0v) is 11.6. The fourth-order valence-corrected chi connectivity index (χ4v) is 3.04. The van der Waals surface area contributed by atoms with Gasteiger partial charge in [-0.05, 0) is 31.4 Å². The summed E-state index contributed by atoms with van der Waals surface area (Å²) in [4.78, 5) is 4.63. The average Bonchev–Trinajstić information content (AvgIpc) is 2.86. The molecule has 2 unspecified atom stereocenters. The number of nitrogens with zero attached hydrogens (tertiary/aromatic N) is 2. The highest BCUT2D eigenvalue weighted by atomic mass is 15.1. The van der Waals surface area contributed by atoms with Gasteiger partial charge in [0, 0.05) is 36.6 Å². The molecule has 0 amide bonds. The molecule has 1 N–H and O–H groups in total. The number of hydrogen-bond donors (Lipinski definition) is 1. The number of para-hydroxylation sites is 1. The maximum absolute atomic E-state index is 4.63. The molecule has 2 aromatic rings. The van der Waals surface area contributed by atoms with E-state index in [1.165, 1.54) is 17.1 Å². The number of imidazole rings is 1. The third-order valence-corrected chi connectivity index (χ3v) is 3.85.